The second kappa shape index (κ2) is 6.52. The van der Waals surface area contributed by atoms with Crippen molar-refractivity contribution in [2.45, 2.75) is 6.54 Å². The topological polar surface area (TPSA) is 72.2 Å². The maximum absolute atomic E-state index is 12.5. The van der Waals surface area contributed by atoms with Crippen molar-refractivity contribution >= 4 is 11.6 Å². The van der Waals surface area contributed by atoms with Gasteiger partial charge in [0.1, 0.15) is 0 Å². The number of carbonyl (C=O) groups is 1. The molecule has 0 aliphatic carbocycles. The molecule has 0 saturated heterocycles. The molecule has 25 heavy (non-hydrogen) atoms. The summed E-state index contributed by atoms with van der Waals surface area (Å²) in [5.41, 5.74) is 3.27. The zero-order chi connectivity index (χ0) is 17.1. The van der Waals surface area contributed by atoms with Crippen LogP contribution in [0.5, 0.6) is 0 Å². The normalized spacial score (nSPS) is 10.7. The molecule has 0 atom stereocenters. The minimum absolute atomic E-state index is 0.170. The van der Waals surface area contributed by atoms with Crippen LogP contribution in [-0.4, -0.2) is 25.7 Å². The van der Waals surface area contributed by atoms with E-state index in [4.69, 9.17) is 0 Å². The Kier molecular flexibility index (Phi) is 3.92. The largest absolute Gasteiger partial charge is 0.345 e. The van der Waals surface area contributed by atoms with E-state index in [0.29, 0.717) is 12.2 Å². The first-order valence-corrected chi connectivity index (χ1v) is 7.91. The van der Waals surface area contributed by atoms with Crippen LogP contribution in [0.1, 0.15) is 16.2 Å². The summed E-state index contributed by atoms with van der Waals surface area (Å²) in [6.45, 7) is 0.424. The van der Waals surface area contributed by atoms with Gasteiger partial charge in [-0.25, -0.2) is 0 Å². The second-order valence-electron chi connectivity index (χ2n) is 5.55. The van der Waals surface area contributed by atoms with Gasteiger partial charge >= 0.3 is 0 Å². The van der Waals surface area contributed by atoms with E-state index < -0.39 is 0 Å². The van der Waals surface area contributed by atoms with Gasteiger partial charge in [0.2, 0.25) is 5.82 Å². The number of aromatic nitrogens is 4. The molecule has 2 aromatic heterocycles. The number of amides is 1. The van der Waals surface area contributed by atoms with Crippen LogP contribution in [0.3, 0.4) is 0 Å². The molecule has 1 amide bonds. The van der Waals surface area contributed by atoms with Crippen LogP contribution in [0, 0.1) is 0 Å². The average molecular weight is 329 g/mol. The molecule has 2 aromatic carbocycles. The van der Waals surface area contributed by atoms with Crippen molar-refractivity contribution in [1.29, 1.82) is 0 Å². The third kappa shape index (κ3) is 3.10. The van der Waals surface area contributed by atoms with Gasteiger partial charge in [0, 0.05) is 12.1 Å². The smallest absolute Gasteiger partial charge is 0.291 e. The number of fused-ring (bicyclic) bond motifs is 1. The molecule has 0 fully saturated rings. The molecular formula is C19H15N5O. The fourth-order valence-electron chi connectivity index (χ4n) is 2.55. The number of benzene rings is 2. The van der Waals surface area contributed by atoms with Gasteiger partial charge in [-0.3, -0.25) is 4.79 Å². The van der Waals surface area contributed by atoms with E-state index in [9.17, 15) is 4.79 Å². The Bertz CT molecular complexity index is 1010. The van der Waals surface area contributed by atoms with Gasteiger partial charge in [0.25, 0.3) is 5.91 Å². The Morgan fingerprint density at radius 3 is 2.36 bits per heavy atom. The Hall–Kier alpha value is -3.54. The molecule has 4 aromatic rings. The van der Waals surface area contributed by atoms with Gasteiger partial charge in [-0.1, -0.05) is 60.7 Å². The van der Waals surface area contributed by atoms with Gasteiger partial charge in [-0.2, -0.15) is 9.61 Å². The first kappa shape index (κ1) is 15.0. The summed E-state index contributed by atoms with van der Waals surface area (Å²) in [6, 6.07) is 23.1. The molecule has 6 nitrogen and oxygen atoms in total. The van der Waals surface area contributed by atoms with Crippen molar-refractivity contribution in [1.82, 2.24) is 25.1 Å². The summed E-state index contributed by atoms with van der Waals surface area (Å²) in [7, 11) is 0. The molecule has 0 spiro atoms. The standard InChI is InChI=1S/C19H15N5O/c25-19(20-13-14-7-3-1-4-8-14)18-22-21-17-12-11-16(23-24(17)18)15-9-5-2-6-10-15/h1-12H,13H2,(H,20,25). The molecule has 2 heterocycles. The minimum atomic E-state index is -0.311. The highest BCUT2D eigenvalue weighted by Gasteiger charge is 2.15. The molecule has 0 bridgehead atoms. The lowest BCUT2D eigenvalue weighted by atomic mass is 10.1. The highest BCUT2D eigenvalue weighted by atomic mass is 16.2. The van der Waals surface area contributed by atoms with Crippen LogP contribution < -0.4 is 5.32 Å². The van der Waals surface area contributed by atoms with Gasteiger partial charge < -0.3 is 5.32 Å². The summed E-state index contributed by atoms with van der Waals surface area (Å²) in [4.78, 5) is 12.5. The SMILES string of the molecule is O=C(NCc1ccccc1)c1nnc2ccc(-c3ccccc3)nn12. The number of hydrogen-bond donors (Lipinski definition) is 1. The molecule has 0 aliphatic heterocycles. The average Bonchev–Trinajstić information content (AvgIpc) is 3.11. The molecule has 1 N–H and O–H groups in total. The van der Waals surface area contributed by atoms with Crippen LogP contribution in [0.15, 0.2) is 72.8 Å². The van der Waals surface area contributed by atoms with E-state index >= 15 is 0 Å². The molecule has 0 radical (unpaired) electrons. The minimum Gasteiger partial charge on any atom is -0.345 e. The Labute approximate surface area is 144 Å². The number of carbonyl (C=O) groups excluding carboxylic acids is 1. The second-order valence-corrected chi connectivity index (χ2v) is 5.55. The van der Waals surface area contributed by atoms with Crippen LogP contribution in [0.2, 0.25) is 0 Å². The van der Waals surface area contributed by atoms with Gasteiger partial charge in [0.15, 0.2) is 5.65 Å². The van der Waals surface area contributed by atoms with E-state index in [1.54, 1.807) is 6.07 Å². The summed E-state index contributed by atoms with van der Waals surface area (Å²) in [5, 5.41) is 15.4. The lowest BCUT2D eigenvalue weighted by molar-refractivity contribution is 0.0938. The highest BCUT2D eigenvalue weighted by Crippen LogP contribution is 2.16. The van der Waals surface area contributed by atoms with Crippen molar-refractivity contribution in [2.24, 2.45) is 0 Å². The maximum atomic E-state index is 12.5. The summed E-state index contributed by atoms with van der Waals surface area (Å²) in [5.74, 6) is -0.141. The fourth-order valence-corrected chi connectivity index (χ4v) is 2.55. The predicted molar refractivity (Wildman–Crippen MR) is 93.8 cm³/mol. The van der Waals surface area contributed by atoms with E-state index in [2.05, 4.69) is 20.6 Å². The first-order valence-electron chi connectivity index (χ1n) is 7.91. The number of hydrogen-bond acceptors (Lipinski definition) is 4. The fraction of sp³-hybridized carbons (Fsp3) is 0.0526. The lowest BCUT2D eigenvalue weighted by Gasteiger charge is -2.05. The lowest BCUT2D eigenvalue weighted by Crippen LogP contribution is -2.25. The Morgan fingerprint density at radius 2 is 1.60 bits per heavy atom. The van der Waals surface area contributed by atoms with Crippen molar-refractivity contribution in [3.63, 3.8) is 0 Å². The molecular weight excluding hydrogens is 314 g/mol. The van der Waals surface area contributed by atoms with E-state index in [0.717, 1.165) is 16.8 Å². The van der Waals surface area contributed by atoms with E-state index in [1.807, 2.05) is 66.7 Å². The van der Waals surface area contributed by atoms with Crippen molar-refractivity contribution < 1.29 is 4.79 Å². The van der Waals surface area contributed by atoms with Gasteiger partial charge in [-0.15, -0.1) is 10.2 Å². The molecule has 0 aliphatic rings. The molecule has 6 heteroatoms. The Morgan fingerprint density at radius 1 is 0.880 bits per heavy atom. The molecule has 0 unspecified atom stereocenters. The van der Waals surface area contributed by atoms with E-state index in [1.165, 1.54) is 4.52 Å². The highest BCUT2D eigenvalue weighted by molar-refractivity contribution is 5.91. The molecule has 122 valence electrons. The number of rotatable bonds is 4. The maximum Gasteiger partial charge on any atom is 0.291 e. The zero-order valence-electron chi connectivity index (χ0n) is 13.3. The quantitative estimate of drug-likeness (QED) is 0.625. The molecule has 0 saturated carbocycles. The third-order valence-electron chi connectivity index (χ3n) is 3.83. The van der Waals surface area contributed by atoms with E-state index in [-0.39, 0.29) is 11.7 Å². The Balaban J connectivity index is 1.62. The van der Waals surface area contributed by atoms with Crippen molar-refractivity contribution in [2.75, 3.05) is 0 Å². The van der Waals surface area contributed by atoms with Crippen LogP contribution in [-0.2, 0) is 6.54 Å². The number of nitrogens with zero attached hydrogens (tertiary/aromatic N) is 4. The van der Waals surface area contributed by atoms with Gasteiger partial charge in [-0.05, 0) is 17.7 Å². The summed E-state index contributed by atoms with van der Waals surface area (Å²) < 4.78 is 1.47. The first-order chi connectivity index (χ1) is 12.3. The monoisotopic (exact) mass is 329 g/mol. The molecule has 4 rings (SSSR count). The van der Waals surface area contributed by atoms with Crippen LogP contribution in [0.4, 0.5) is 0 Å². The van der Waals surface area contributed by atoms with Crippen LogP contribution in [0.25, 0.3) is 16.9 Å². The van der Waals surface area contributed by atoms with Crippen LogP contribution >= 0.6 is 0 Å². The number of nitrogens with one attached hydrogen (secondary N) is 1. The summed E-state index contributed by atoms with van der Waals surface area (Å²) >= 11 is 0. The van der Waals surface area contributed by atoms with Gasteiger partial charge in [0.05, 0.1) is 5.69 Å². The zero-order valence-corrected chi connectivity index (χ0v) is 13.3. The summed E-state index contributed by atoms with van der Waals surface area (Å²) in [6.07, 6.45) is 0. The predicted octanol–water partition coefficient (Wildman–Crippen LogP) is 2.72. The third-order valence-corrected chi connectivity index (χ3v) is 3.83. The van der Waals surface area contributed by atoms with Crippen molar-refractivity contribution in [3.8, 4) is 11.3 Å². The van der Waals surface area contributed by atoms with Crippen molar-refractivity contribution in [3.05, 3.63) is 84.2 Å².